The van der Waals surface area contributed by atoms with Gasteiger partial charge in [0.1, 0.15) is 6.33 Å². The van der Waals surface area contributed by atoms with Crippen molar-refractivity contribution in [3.8, 4) is 5.88 Å². The predicted octanol–water partition coefficient (Wildman–Crippen LogP) is 0.550. The summed E-state index contributed by atoms with van der Waals surface area (Å²) in [4.78, 5) is 30.9. The van der Waals surface area contributed by atoms with Crippen molar-refractivity contribution in [3.63, 3.8) is 0 Å². The van der Waals surface area contributed by atoms with Crippen molar-refractivity contribution in [2.75, 3.05) is 25.1 Å². The van der Waals surface area contributed by atoms with Crippen LogP contribution in [0.5, 0.6) is 5.88 Å². The molecule has 0 radical (unpaired) electrons. The number of carbonyl (C=O) groups is 1. The summed E-state index contributed by atoms with van der Waals surface area (Å²) in [7, 11) is 1.28. The first kappa shape index (κ1) is 14.0. The maximum Gasteiger partial charge on any atom is 0.372 e. The first-order valence-electron chi connectivity index (χ1n) is 5.96. The highest BCUT2D eigenvalue weighted by Crippen LogP contribution is 2.36. The number of nitrogens with zero attached hydrogens (tertiary/aromatic N) is 4. The van der Waals surface area contributed by atoms with Crippen LogP contribution in [0.1, 0.15) is 6.92 Å². The van der Waals surface area contributed by atoms with E-state index >= 15 is 0 Å². The molecular weight excluding hydrogens is 268 g/mol. The molecule has 9 heteroatoms. The Hall–Kier alpha value is -2.45. The number of hydrogen-bond donors (Lipinski definition) is 1. The van der Waals surface area contributed by atoms with E-state index in [1.54, 1.807) is 11.8 Å². The minimum Gasteiger partial charge on any atom is -0.481 e. The summed E-state index contributed by atoms with van der Waals surface area (Å²) in [5.74, 6) is -1.64. The molecule has 2 heterocycles. The van der Waals surface area contributed by atoms with Crippen LogP contribution in [0.3, 0.4) is 0 Å². The smallest absolute Gasteiger partial charge is 0.372 e. The maximum atomic E-state index is 11.2. The van der Waals surface area contributed by atoms with E-state index in [1.807, 2.05) is 0 Å². The van der Waals surface area contributed by atoms with Gasteiger partial charge in [-0.25, -0.2) is 4.98 Å². The van der Waals surface area contributed by atoms with Crippen LogP contribution >= 0.6 is 0 Å². The fraction of sp³-hybridized carbons (Fsp3) is 0.545. The Bertz CT molecular complexity index is 550. The molecule has 9 nitrogen and oxygen atoms in total. The number of carboxylic acids is 1. The minimum atomic E-state index is -0.913. The van der Waals surface area contributed by atoms with Crippen molar-refractivity contribution in [1.29, 1.82) is 0 Å². The normalized spacial score (nSPS) is 21.8. The number of hydrogen-bond acceptors (Lipinski definition) is 7. The number of anilines is 1. The molecule has 1 aromatic heterocycles. The summed E-state index contributed by atoms with van der Waals surface area (Å²) < 4.78 is 4.87. The van der Waals surface area contributed by atoms with Crippen molar-refractivity contribution in [2.45, 2.75) is 6.92 Å². The zero-order chi connectivity index (χ0) is 14.9. The lowest BCUT2D eigenvalue weighted by atomic mass is 9.99. The number of ether oxygens (including phenoxy) is 1. The van der Waals surface area contributed by atoms with Crippen molar-refractivity contribution in [3.05, 3.63) is 16.4 Å². The number of carboxylic acid groups (broad SMARTS) is 1. The lowest BCUT2D eigenvalue weighted by Gasteiger charge is -2.16. The van der Waals surface area contributed by atoms with Gasteiger partial charge in [0, 0.05) is 13.1 Å². The molecule has 108 valence electrons. The molecule has 0 aliphatic carbocycles. The quantitative estimate of drug-likeness (QED) is 0.628. The molecule has 1 saturated heterocycles. The van der Waals surface area contributed by atoms with Gasteiger partial charge in [0.05, 0.1) is 18.0 Å². The molecule has 1 aliphatic heterocycles. The van der Waals surface area contributed by atoms with E-state index in [4.69, 9.17) is 9.84 Å². The largest absolute Gasteiger partial charge is 0.481 e. The number of rotatable bonds is 4. The minimum absolute atomic E-state index is 0.0949. The van der Waals surface area contributed by atoms with Gasteiger partial charge in [0.15, 0.2) is 0 Å². The van der Waals surface area contributed by atoms with E-state index in [-0.39, 0.29) is 29.8 Å². The molecule has 1 aliphatic rings. The highest BCUT2D eigenvalue weighted by Gasteiger charge is 2.39. The Balaban J connectivity index is 2.39. The van der Waals surface area contributed by atoms with Gasteiger partial charge in [-0.15, -0.1) is 0 Å². The van der Waals surface area contributed by atoms with E-state index in [9.17, 15) is 14.9 Å². The van der Waals surface area contributed by atoms with Crippen LogP contribution in [0.25, 0.3) is 0 Å². The van der Waals surface area contributed by atoms with Crippen LogP contribution in [0.4, 0.5) is 11.5 Å². The Morgan fingerprint density at radius 1 is 1.55 bits per heavy atom. The van der Waals surface area contributed by atoms with E-state index in [0.717, 1.165) is 0 Å². The van der Waals surface area contributed by atoms with Gasteiger partial charge >= 0.3 is 11.7 Å². The summed E-state index contributed by atoms with van der Waals surface area (Å²) >= 11 is 0. The van der Waals surface area contributed by atoms with Gasteiger partial charge in [0.2, 0.25) is 5.82 Å². The molecule has 0 saturated carbocycles. The highest BCUT2D eigenvalue weighted by molar-refractivity contribution is 5.73. The number of aliphatic carboxylic acids is 1. The van der Waals surface area contributed by atoms with E-state index in [1.165, 1.54) is 13.4 Å². The molecule has 1 aromatic rings. The second-order valence-electron chi connectivity index (χ2n) is 4.64. The molecular formula is C11H14N4O5. The van der Waals surface area contributed by atoms with Gasteiger partial charge < -0.3 is 14.7 Å². The summed E-state index contributed by atoms with van der Waals surface area (Å²) in [6.45, 7) is 2.36. The van der Waals surface area contributed by atoms with Gasteiger partial charge in [-0.05, 0) is 5.92 Å². The highest BCUT2D eigenvalue weighted by atomic mass is 16.6. The maximum absolute atomic E-state index is 11.2. The zero-order valence-electron chi connectivity index (χ0n) is 11.0. The van der Waals surface area contributed by atoms with Crippen LogP contribution in [-0.2, 0) is 4.79 Å². The molecule has 1 fully saturated rings. The van der Waals surface area contributed by atoms with Gasteiger partial charge in [-0.2, -0.15) is 4.98 Å². The van der Waals surface area contributed by atoms with Crippen molar-refractivity contribution < 1.29 is 19.6 Å². The third kappa shape index (κ3) is 2.33. The third-order valence-corrected chi connectivity index (χ3v) is 3.37. The summed E-state index contributed by atoms with van der Waals surface area (Å²) in [6, 6.07) is 0. The second-order valence-corrected chi connectivity index (χ2v) is 4.64. The Morgan fingerprint density at radius 3 is 2.75 bits per heavy atom. The standard InChI is InChI=1S/C11H14N4O5/c1-6-3-14(4-7(6)11(16)17)9-8(15(18)19)10(20-2)13-5-12-9/h5-7H,3-4H2,1-2H3,(H,16,17)/t6-,7-/m1/s1. The number of aromatic nitrogens is 2. The molecule has 0 bridgehead atoms. The number of methoxy groups -OCH3 is 1. The molecule has 0 amide bonds. The first-order chi connectivity index (χ1) is 9.45. The third-order valence-electron chi connectivity index (χ3n) is 3.37. The van der Waals surface area contributed by atoms with Crippen LogP contribution in [0.2, 0.25) is 0 Å². The fourth-order valence-corrected chi connectivity index (χ4v) is 2.36. The molecule has 2 atom stereocenters. The zero-order valence-corrected chi connectivity index (χ0v) is 11.0. The average Bonchev–Trinajstić information content (AvgIpc) is 2.79. The van der Waals surface area contributed by atoms with Gasteiger partial charge in [-0.1, -0.05) is 6.92 Å². The molecule has 0 aromatic carbocycles. The molecule has 20 heavy (non-hydrogen) atoms. The summed E-state index contributed by atoms with van der Waals surface area (Å²) in [6.07, 6.45) is 1.17. The van der Waals surface area contributed by atoms with Crippen molar-refractivity contribution in [2.24, 2.45) is 11.8 Å². The van der Waals surface area contributed by atoms with Crippen LogP contribution in [0.15, 0.2) is 6.33 Å². The molecule has 1 N–H and O–H groups in total. The Labute approximate surface area is 114 Å². The second kappa shape index (κ2) is 5.27. The predicted molar refractivity (Wildman–Crippen MR) is 67.7 cm³/mol. The molecule has 0 unspecified atom stereocenters. The summed E-state index contributed by atoms with van der Waals surface area (Å²) in [5, 5.41) is 20.3. The number of nitro groups is 1. The van der Waals surface area contributed by atoms with E-state index < -0.39 is 16.8 Å². The first-order valence-corrected chi connectivity index (χ1v) is 5.96. The SMILES string of the molecule is COc1ncnc(N2C[C@@H](C)[C@H](C(=O)O)C2)c1[N+](=O)[O-]. The van der Waals surface area contributed by atoms with Crippen molar-refractivity contribution >= 4 is 17.5 Å². The molecule has 2 rings (SSSR count). The lowest BCUT2D eigenvalue weighted by molar-refractivity contribution is -0.385. The average molecular weight is 282 g/mol. The van der Waals surface area contributed by atoms with Crippen LogP contribution in [0, 0.1) is 22.0 Å². The van der Waals surface area contributed by atoms with Gasteiger partial charge in [-0.3, -0.25) is 14.9 Å². The topological polar surface area (TPSA) is 119 Å². The van der Waals surface area contributed by atoms with Crippen molar-refractivity contribution in [1.82, 2.24) is 9.97 Å². The fourth-order valence-electron chi connectivity index (χ4n) is 2.36. The Morgan fingerprint density at radius 2 is 2.25 bits per heavy atom. The van der Waals surface area contributed by atoms with E-state index in [0.29, 0.717) is 6.54 Å². The summed E-state index contributed by atoms with van der Waals surface area (Å²) in [5.41, 5.74) is -0.340. The molecule has 0 spiro atoms. The lowest BCUT2D eigenvalue weighted by Crippen LogP contribution is -2.24. The van der Waals surface area contributed by atoms with Crippen LogP contribution in [-0.4, -0.2) is 46.2 Å². The monoisotopic (exact) mass is 282 g/mol. The van der Waals surface area contributed by atoms with Crippen LogP contribution < -0.4 is 9.64 Å². The Kier molecular flexibility index (Phi) is 3.68. The van der Waals surface area contributed by atoms with Gasteiger partial charge in [0.25, 0.3) is 5.88 Å². The van der Waals surface area contributed by atoms with E-state index in [2.05, 4.69) is 9.97 Å².